The van der Waals surface area contributed by atoms with Crippen LogP contribution in [0.2, 0.25) is 0 Å². The predicted molar refractivity (Wildman–Crippen MR) is 112 cm³/mol. The van der Waals surface area contributed by atoms with Crippen molar-refractivity contribution in [3.05, 3.63) is 39.7 Å². The number of hydrogen-bond donors (Lipinski definition) is 1. The van der Waals surface area contributed by atoms with Crippen LogP contribution in [0.4, 0.5) is 0 Å². The van der Waals surface area contributed by atoms with E-state index in [2.05, 4.69) is 56.6 Å². The van der Waals surface area contributed by atoms with Gasteiger partial charge in [-0.05, 0) is 72.7 Å². The van der Waals surface area contributed by atoms with Gasteiger partial charge in [0.1, 0.15) is 0 Å². The highest BCUT2D eigenvalue weighted by Crippen LogP contribution is 2.46. The molecule has 1 aliphatic carbocycles. The van der Waals surface area contributed by atoms with Gasteiger partial charge in [0.2, 0.25) is 0 Å². The van der Waals surface area contributed by atoms with E-state index >= 15 is 0 Å². The monoisotopic (exact) mass is 368 g/mol. The van der Waals surface area contributed by atoms with Crippen molar-refractivity contribution < 1.29 is 0 Å². The summed E-state index contributed by atoms with van der Waals surface area (Å²) in [5.74, 6) is 0.804. The Kier molecular flexibility index (Phi) is 4.73. The van der Waals surface area contributed by atoms with Gasteiger partial charge >= 0.3 is 0 Å². The van der Waals surface area contributed by atoms with Crippen LogP contribution in [0.15, 0.2) is 23.6 Å². The number of thiazole rings is 1. The zero-order chi connectivity index (χ0) is 18.4. The molecule has 0 amide bonds. The number of hydrogen-bond acceptors (Lipinski definition) is 3. The summed E-state index contributed by atoms with van der Waals surface area (Å²) in [4.78, 5) is 5.01. The van der Waals surface area contributed by atoms with Crippen LogP contribution in [0.25, 0.3) is 11.3 Å². The lowest BCUT2D eigenvalue weighted by molar-refractivity contribution is 0.332. The maximum Gasteiger partial charge on any atom is 0.0935 e. The molecule has 1 N–H and O–H groups in total. The molecular formula is C23H32N2S. The summed E-state index contributed by atoms with van der Waals surface area (Å²) in [6, 6.07) is 7.10. The molecule has 140 valence electrons. The lowest BCUT2D eigenvalue weighted by Gasteiger charge is -2.42. The van der Waals surface area contributed by atoms with Crippen molar-refractivity contribution in [1.82, 2.24) is 10.3 Å². The summed E-state index contributed by atoms with van der Waals surface area (Å²) < 4.78 is 0. The van der Waals surface area contributed by atoms with Crippen molar-refractivity contribution >= 4 is 11.3 Å². The molecule has 1 fully saturated rings. The number of nitrogens with zero attached hydrogens (tertiary/aromatic N) is 1. The van der Waals surface area contributed by atoms with E-state index < -0.39 is 0 Å². The summed E-state index contributed by atoms with van der Waals surface area (Å²) in [6.07, 6.45) is 6.25. The first kappa shape index (κ1) is 18.2. The van der Waals surface area contributed by atoms with Gasteiger partial charge in [-0.15, -0.1) is 11.3 Å². The molecule has 2 heterocycles. The maximum atomic E-state index is 5.01. The Bertz CT molecular complexity index is 781. The molecule has 1 aromatic heterocycles. The molecule has 1 aliphatic heterocycles. The molecular weight excluding hydrogens is 336 g/mol. The maximum absolute atomic E-state index is 5.01. The Balaban J connectivity index is 1.61. The fourth-order valence-corrected chi connectivity index (χ4v) is 5.54. The highest BCUT2D eigenvalue weighted by Gasteiger charge is 2.37. The topological polar surface area (TPSA) is 24.9 Å². The fourth-order valence-electron chi connectivity index (χ4n) is 4.62. The van der Waals surface area contributed by atoms with Crippen LogP contribution in [-0.2, 0) is 17.3 Å². The minimum atomic E-state index is 0.259. The van der Waals surface area contributed by atoms with Crippen molar-refractivity contribution in [2.75, 3.05) is 13.1 Å². The molecule has 2 aliphatic rings. The molecule has 26 heavy (non-hydrogen) atoms. The lowest BCUT2D eigenvalue weighted by atomic mass is 9.63. The van der Waals surface area contributed by atoms with Crippen LogP contribution in [0.1, 0.15) is 69.5 Å². The van der Waals surface area contributed by atoms with E-state index in [1.807, 2.05) is 11.3 Å². The normalized spacial score (nSPS) is 22.2. The largest absolute Gasteiger partial charge is 0.317 e. The third-order valence-electron chi connectivity index (χ3n) is 6.62. The first-order valence-electron chi connectivity index (χ1n) is 10.2. The van der Waals surface area contributed by atoms with E-state index in [0.717, 1.165) is 12.3 Å². The molecule has 0 atom stereocenters. The zero-order valence-corrected chi connectivity index (χ0v) is 17.5. The van der Waals surface area contributed by atoms with Crippen molar-refractivity contribution in [3.63, 3.8) is 0 Å². The fraction of sp³-hybridized carbons (Fsp3) is 0.609. The Morgan fingerprint density at radius 3 is 2.46 bits per heavy atom. The third-order valence-corrected chi connectivity index (χ3v) is 7.49. The average molecular weight is 369 g/mol. The van der Waals surface area contributed by atoms with Gasteiger partial charge in [-0.2, -0.15) is 0 Å². The van der Waals surface area contributed by atoms with Gasteiger partial charge in [0.15, 0.2) is 0 Å². The second-order valence-corrected chi connectivity index (χ2v) is 10.5. The van der Waals surface area contributed by atoms with Crippen LogP contribution < -0.4 is 5.32 Å². The Labute approximate surface area is 162 Å². The van der Waals surface area contributed by atoms with Crippen LogP contribution in [-0.4, -0.2) is 18.1 Å². The SMILES string of the molecule is CC1(C)CCC(C)(C)c2cc(-c3csc(CC4CCNCC4)n3)ccc21. The molecule has 3 heteroatoms. The molecule has 1 saturated heterocycles. The average Bonchev–Trinajstić information content (AvgIpc) is 3.08. The number of fused-ring (bicyclic) bond motifs is 1. The van der Waals surface area contributed by atoms with Crippen molar-refractivity contribution in [1.29, 1.82) is 0 Å². The second kappa shape index (κ2) is 6.76. The molecule has 1 aromatic carbocycles. The van der Waals surface area contributed by atoms with Crippen molar-refractivity contribution in [2.24, 2.45) is 5.92 Å². The van der Waals surface area contributed by atoms with E-state index in [1.165, 1.54) is 66.2 Å². The van der Waals surface area contributed by atoms with E-state index in [4.69, 9.17) is 4.98 Å². The van der Waals surface area contributed by atoms with Crippen LogP contribution >= 0.6 is 11.3 Å². The van der Waals surface area contributed by atoms with E-state index in [-0.39, 0.29) is 10.8 Å². The van der Waals surface area contributed by atoms with E-state index in [9.17, 15) is 0 Å². The van der Waals surface area contributed by atoms with Gasteiger partial charge in [0, 0.05) is 17.4 Å². The first-order valence-corrected chi connectivity index (χ1v) is 11.0. The van der Waals surface area contributed by atoms with Crippen molar-refractivity contribution in [2.45, 2.75) is 70.6 Å². The highest BCUT2D eigenvalue weighted by molar-refractivity contribution is 7.09. The minimum Gasteiger partial charge on any atom is -0.317 e. The quantitative estimate of drug-likeness (QED) is 0.751. The molecule has 4 rings (SSSR count). The molecule has 0 bridgehead atoms. The van der Waals surface area contributed by atoms with Gasteiger partial charge in [0.25, 0.3) is 0 Å². The van der Waals surface area contributed by atoms with E-state index in [0.29, 0.717) is 0 Å². The Hall–Kier alpha value is -1.19. The second-order valence-electron chi connectivity index (χ2n) is 9.55. The Morgan fingerprint density at radius 2 is 1.73 bits per heavy atom. The van der Waals surface area contributed by atoms with Gasteiger partial charge in [-0.1, -0.05) is 39.8 Å². The van der Waals surface area contributed by atoms with Gasteiger partial charge < -0.3 is 5.32 Å². The summed E-state index contributed by atoms with van der Waals surface area (Å²) >= 11 is 1.84. The first-order chi connectivity index (χ1) is 12.4. The molecule has 0 unspecified atom stereocenters. The molecule has 0 saturated carbocycles. The number of aromatic nitrogens is 1. The van der Waals surface area contributed by atoms with Gasteiger partial charge in [-0.3, -0.25) is 0 Å². The zero-order valence-electron chi connectivity index (χ0n) is 16.7. The molecule has 2 aromatic rings. The number of rotatable bonds is 3. The summed E-state index contributed by atoms with van der Waals surface area (Å²) in [6.45, 7) is 11.9. The van der Waals surface area contributed by atoms with Crippen molar-refractivity contribution in [3.8, 4) is 11.3 Å². The van der Waals surface area contributed by atoms with E-state index in [1.54, 1.807) is 0 Å². The number of nitrogens with one attached hydrogen (secondary N) is 1. The van der Waals surface area contributed by atoms with Crippen LogP contribution in [0.3, 0.4) is 0 Å². The summed E-state index contributed by atoms with van der Waals surface area (Å²) in [7, 11) is 0. The van der Waals surface area contributed by atoms with Crippen LogP contribution in [0, 0.1) is 5.92 Å². The standard InChI is InChI=1S/C23H32N2S/c1-22(2)9-10-23(3,4)19-14-17(5-6-18(19)22)20-15-26-21(25-20)13-16-7-11-24-12-8-16/h5-6,14-16,24H,7-13H2,1-4H3. The van der Waals surface area contributed by atoms with Crippen LogP contribution in [0.5, 0.6) is 0 Å². The minimum absolute atomic E-state index is 0.259. The molecule has 0 spiro atoms. The number of piperidine rings is 1. The molecule has 0 radical (unpaired) electrons. The third kappa shape index (κ3) is 3.48. The highest BCUT2D eigenvalue weighted by atomic mass is 32.1. The Morgan fingerprint density at radius 1 is 1.04 bits per heavy atom. The predicted octanol–water partition coefficient (Wildman–Crippen LogP) is 5.70. The smallest absolute Gasteiger partial charge is 0.0935 e. The summed E-state index contributed by atoms with van der Waals surface area (Å²) in [5.41, 5.74) is 6.06. The summed E-state index contributed by atoms with van der Waals surface area (Å²) in [5, 5.41) is 7.03. The van der Waals surface area contributed by atoms with Gasteiger partial charge in [0.05, 0.1) is 10.7 Å². The number of benzene rings is 1. The molecule has 2 nitrogen and oxygen atoms in total. The lowest BCUT2D eigenvalue weighted by Crippen LogP contribution is -2.33. The van der Waals surface area contributed by atoms with Gasteiger partial charge in [-0.25, -0.2) is 4.98 Å².